The van der Waals surface area contributed by atoms with Gasteiger partial charge in [0.15, 0.2) is 0 Å². The minimum atomic E-state index is -5.07. The molecule has 1 aliphatic rings. The Hall–Kier alpha value is -1.61. The zero-order valence-electron chi connectivity index (χ0n) is 14.5. The quantitative estimate of drug-likeness (QED) is 0.775. The minimum Gasteiger partial charge on any atom is -0.373 e. The Labute approximate surface area is 157 Å². The van der Waals surface area contributed by atoms with Crippen molar-refractivity contribution in [3.05, 3.63) is 34.3 Å². The summed E-state index contributed by atoms with van der Waals surface area (Å²) in [4.78, 5) is 27.4. The maximum atomic E-state index is 13.0. The van der Waals surface area contributed by atoms with Crippen LogP contribution in [0.4, 0.5) is 13.2 Å². The van der Waals surface area contributed by atoms with Crippen LogP contribution < -0.4 is 0 Å². The van der Waals surface area contributed by atoms with Crippen LogP contribution >= 0.6 is 15.9 Å². The summed E-state index contributed by atoms with van der Waals surface area (Å²) in [7, 11) is 0. The Bertz CT molecular complexity index is 691. The van der Waals surface area contributed by atoms with E-state index in [1.165, 1.54) is 4.90 Å². The molecule has 5 nitrogen and oxygen atoms in total. The predicted octanol–water partition coefficient (Wildman–Crippen LogP) is 2.82. The van der Waals surface area contributed by atoms with Crippen molar-refractivity contribution in [2.45, 2.75) is 44.6 Å². The normalized spacial score (nSPS) is 23.5. The fourth-order valence-electron chi connectivity index (χ4n) is 2.85. The molecule has 26 heavy (non-hydrogen) atoms. The first-order valence-electron chi connectivity index (χ1n) is 8.03. The third-order valence-corrected chi connectivity index (χ3v) is 5.10. The van der Waals surface area contributed by atoms with Gasteiger partial charge in [-0.25, -0.2) is 0 Å². The van der Waals surface area contributed by atoms with E-state index in [4.69, 9.17) is 0 Å². The molecule has 1 aromatic rings. The van der Waals surface area contributed by atoms with E-state index in [1.807, 2.05) is 0 Å². The lowest BCUT2D eigenvalue weighted by molar-refractivity contribution is -0.251. The number of amides is 2. The van der Waals surface area contributed by atoms with Crippen molar-refractivity contribution < 1.29 is 27.9 Å². The monoisotopic (exact) mass is 436 g/mol. The first-order valence-corrected chi connectivity index (χ1v) is 8.82. The second kappa shape index (κ2) is 7.19. The molecule has 0 saturated carbocycles. The Kier molecular flexibility index (Phi) is 5.72. The Morgan fingerprint density at radius 2 is 1.54 bits per heavy atom. The van der Waals surface area contributed by atoms with Gasteiger partial charge in [-0.2, -0.15) is 13.2 Å². The predicted molar refractivity (Wildman–Crippen MR) is 92.5 cm³/mol. The molecule has 0 aliphatic carbocycles. The van der Waals surface area contributed by atoms with Gasteiger partial charge in [-0.15, -0.1) is 0 Å². The topological polar surface area (TPSA) is 60.9 Å². The van der Waals surface area contributed by atoms with Gasteiger partial charge in [0.2, 0.25) is 5.60 Å². The molecule has 144 valence electrons. The van der Waals surface area contributed by atoms with Gasteiger partial charge >= 0.3 is 6.18 Å². The molecule has 1 aliphatic heterocycles. The van der Waals surface area contributed by atoms with Gasteiger partial charge < -0.3 is 14.9 Å². The van der Waals surface area contributed by atoms with Gasteiger partial charge in [0.25, 0.3) is 11.8 Å². The van der Waals surface area contributed by atoms with E-state index in [-0.39, 0.29) is 19.0 Å². The average Bonchev–Trinajstić information content (AvgIpc) is 2.55. The number of nitrogens with zero attached hydrogens (tertiary/aromatic N) is 2. The van der Waals surface area contributed by atoms with Crippen LogP contribution in [-0.4, -0.2) is 63.7 Å². The van der Waals surface area contributed by atoms with Crippen molar-refractivity contribution >= 4 is 27.7 Å². The Morgan fingerprint density at radius 3 is 2.04 bits per heavy atom. The van der Waals surface area contributed by atoms with Crippen molar-refractivity contribution in [3.8, 4) is 0 Å². The summed E-state index contributed by atoms with van der Waals surface area (Å²) >= 11 is 3.29. The summed E-state index contributed by atoms with van der Waals surface area (Å²) in [6, 6.07) is 5.59. The van der Waals surface area contributed by atoms with Gasteiger partial charge in [0.1, 0.15) is 0 Å². The Morgan fingerprint density at radius 1 is 1.08 bits per heavy atom. The lowest BCUT2D eigenvalue weighted by Crippen LogP contribution is -2.65. The van der Waals surface area contributed by atoms with Crippen molar-refractivity contribution in [2.24, 2.45) is 0 Å². The van der Waals surface area contributed by atoms with Crippen LogP contribution in [0.3, 0.4) is 0 Å². The lowest BCUT2D eigenvalue weighted by Gasteiger charge is -2.46. The number of carbonyl (C=O) groups is 2. The van der Waals surface area contributed by atoms with Crippen LogP contribution in [-0.2, 0) is 4.79 Å². The largest absolute Gasteiger partial charge is 0.426 e. The molecule has 1 aromatic carbocycles. The Balaban J connectivity index is 2.17. The second-order valence-corrected chi connectivity index (χ2v) is 7.61. The molecule has 2 rings (SSSR count). The van der Waals surface area contributed by atoms with E-state index < -0.39 is 29.8 Å². The van der Waals surface area contributed by atoms with Gasteiger partial charge in [-0.05, 0) is 45.0 Å². The number of rotatable bonds is 2. The van der Waals surface area contributed by atoms with E-state index in [9.17, 15) is 27.9 Å². The average molecular weight is 437 g/mol. The van der Waals surface area contributed by atoms with Gasteiger partial charge in [0, 0.05) is 35.2 Å². The third kappa shape index (κ3) is 3.88. The highest BCUT2D eigenvalue weighted by atomic mass is 79.9. The number of carbonyl (C=O) groups excluding carboxylic acids is 2. The number of piperazine rings is 1. The minimum absolute atomic E-state index is 0.0791. The standard InChI is InChI=1S/C17H20BrF3N2O3/c1-10-9-23(15(25)16(3,26)17(19,20)21)11(2)8-22(10)14(24)12-4-6-13(18)7-5-12/h4-7,10-11,26H,8-9H2,1-3H3/t10-,11+,16-/m1/s1. The molecule has 9 heteroatoms. The number of aliphatic hydroxyl groups is 1. The molecule has 0 bridgehead atoms. The maximum absolute atomic E-state index is 13.0. The second-order valence-electron chi connectivity index (χ2n) is 6.69. The highest BCUT2D eigenvalue weighted by molar-refractivity contribution is 9.10. The number of hydrogen-bond acceptors (Lipinski definition) is 3. The first-order chi connectivity index (χ1) is 11.9. The fourth-order valence-corrected chi connectivity index (χ4v) is 3.12. The van der Waals surface area contributed by atoms with Crippen molar-refractivity contribution in [3.63, 3.8) is 0 Å². The smallest absolute Gasteiger partial charge is 0.373 e. The SMILES string of the molecule is C[C@@H]1CN(C(=O)[C@@](C)(O)C(F)(F)F)[C@@H](C)CN1C(=O)c1ccc(Br)cc1. The van der Waals surface area contributed by atoms with Crippen LogP contribution in [0, 0.1) is 0 Å². The van der Waals surface area contributed by atoms with Crippen LogP contribution in [0.25, 0.3) is 0 Å². The molecular weight excluding hydrogens is 417 g/mol. The molecular formula is C17H20BrF3N2O3. The van der Waals surface area contributed by atoms with Gasteiger partial charge in [-0.1, -0.05) is 15.9 Å². The summed E-state index contributed by atoms with van der Waals surface area (Å²) in [6.45, 7) is 3.65. The number of halogens is 4. The van der Waals surface area contributed by atoms with E-state index in [1.54, 1.807) is 38.1 Å². The summed E-state index contributed by atoms with van der Waals surface area (Å²) < 4.78 is 39.7. The first kappa shape index (κ1) is 20.7. The summed E-state index contributed by atoms with van der Waals surface area (Å²) in [5.41, 5.74) is -3.01. The molecule has 3 atom stereocenters. The summed E-state index contributed by atoms with van der Waals surface area (Å²) in [6.07, 6.45) is -5.07. The molecule has 2 amide bonds. The summed E-state index contributed by atoms with van der Waals surface area (Å²) in [5, 5.41) is 9.65. The third-order valence-electron chi connectivity index (χ3n) is 4.57. The van der Waals surface area contributed by atoms with Crippen LogP contribution in [0.2, 0.25) is 0 Å². The molecule has 1 fully saturated rings. The molecule has 1 saturated heterocycles. The van der Waals surface area contributed by atoms with E-state index in [0.717, 1.165) is 9.37 Å². The van der Waals surface area contributed by atoms with Crippen LogP contribution in [0.5, 0.6) is 0 Å². The van der Waals surface area contributed by atoms with Gasteiger partial charge in [0.05, 0.1) is 0 Å². The van der Waals surface area contributed by atoms with E-state index >= 15 is 0 Å². The maximum Gasteiger partial charge on any atom is 0.426 e. The molecule has 0 aromatic heterocycles. The zero-order valence-corrected chi connectivity index (χ0v) is 16.1. The molecule has 0 unspecified atom stereocenters. The highest BCUT2D eigenvalue weighted by Crippen LogP contribution is 2.33. The van der Waals surface area contributed by atoms with E-state index in [2.05, 4.69) is 15.9 Å². The van der Waals surface area contributed by atoms with E-state index in [0.29, 0.717) is 12.5 Å². The fraction of sp³-hybridized carbons (Fsp3) is 0.529. The molecule has 1 N–H and O–H groups in total. The lowest BCUT2D eigenvalue weighted by atomic mass is 10.00. The van der Waals surface area contributed by atoms with Gasteiger partial charge in [-0.3, -0.25) is 9.59 Å². The van der Waals surface area contributed by atoms with Crippen molar-refractivity contribution in [2.75, 3.05) is 13.1 Å². The van der Waals surface area contributed by atoms with Crippen LogP contribution in [0.1, 0.15) is 31.1 Å². The molecule has 0 spiro atoms. The number of hydrogen-bond donors (Lipinski definition) is 1. The number of alkyl halides is 3. The zero-order chi connectivity index (χ0) is 19.9. The number of benzene rings is 1. The highest BCUT2D eigenvalue weighted by Gasteiger charge is 2.58. The van der Waals surface area contributed by atoms with Crippen molar-refractivity contribution in [1.29, 1.82) is 0 Å². The van der Waals surface area contributed by atoms with Crippen molar-refractivity contribution in [1.82, 2.24) is 9.80 Å². The summed E-state index contributed by atoms with van der Waals surface area (Å²) in [5.74, 6) is -1.66. The molecule has 1 heterocycles. The molecule has 0 radical (unpaired) electrons. The van der Waals surface area contributed by atoms with Crippen LogP contribution in [0.15, 0.2) is 28.7 Å².